The van der Waals surface area contributed by atoms with Crippen molar-refractivity contribution in [3.63, 3.8) is 0 Å². The lowest BCUT2D eigenvalue weighted by Gasteiger charge is -2.35. The van der Waals surface area contributed by atoms with Crippen molar-refractivity contribution in [2.75, 3.05) is 42.6 Å². The quantitative estimate of drug-likeness (QED) is 0.490. The van der Waals surface area contributed by atoms with Gasteiger partial charge in [0.1, 0.15) is 17.1 Å². The third-order valence-electron chi connectivity index (χ3n) is 5.17. The number of fused-ring (bicyclic) bond motifs is 1. The predicted octanol–water partition coefficient (Wildman–Crippen LogP) is 3.21. The number of aryl methyl sites for hydroxylation is 1. The van der Waals surface area contributed by atoms with Crippen molar-refractivity contribution in [3.8, 4) is 17.0 Å². The zero-order valence-electron chi connectivity index (χ0n) is 17.0. The Kier molecular flexibility index (Phi) is 4.96. The summed E-state index contributed by atoms with van der Waals surface area (Å²) < 4.78 is 8.68. The molecule has 1 fully saturated rings. The van der Waals surface area contributed by atoms with Crippen molar-refractivity contribution in [1.82, 2.24) is 24.7 Å². The van der Waals surface area contributed by atoms with Gasteiger partial charge in [-0.25, -0.2) is 9.97 Å². The summed E-state index contributed by atoms with van der Waals surface area (Å²) in [4.78, 5) is 18.7. The summed E-state index contributed by atoms with van der Waals surface area (Å²) in [5.74, 6) is 1.76. The smallest absolute Gasteiger partial charge is 0.186 e. The first-order valence-corrected chi connectivity index (χ1v) is 10.9. The standard InChI is InChI=1S/C21H23N7OS/c1-3-29-17-5-4-6-18-20(17)25-21(30-18)28-9-7-27(8-10-28)19-13-22-12-16(24-19)15-11-23-26(2)14-15/h4-6,11-14H,3,7-10H2,1-2H3. The van der Waals surface area contributed by atoms with Gasteiger partial charge in [0.25, 0.3) is 0 Å². The van der Waals surface area contributed by atoms with Gasteiger partial charge in [-0.15, -0.1) is 0 Å². The van der Waals surface area contributed by atoms with E-state index in [9.17, 15) is 0 Å². The van der Waals surface area contributed by atoms with Gasteiger partial charge in [-0.05, 0) is 19.1 Å². The van der Waals surface area contributed by atoms with Crippen LogP contribution >= 0.6 is 11.3 Å². The minimum atomic E-state index is 0.643. The predicted molar refractivity (Wildman–Crippen MR) is 119 cm³/mol. The number of rotatable bonds is 5. The molecule has 30 heavy (non-hydrogen) atoms. The number of aromatic nitrogens is 5. The van der Waals surface area contributed by atoms with E-state index >= 15 is 0 Å². The number of ether oxygens (including phenoxy) is 1. The molecule has 0 radical (unpaired) electrons. The van der Waals surface area contributed by atoms with Crippen molar-refractivity contribution in [2.45, 2.75) is 6.92 Å². The number of benzene rings is 1. The van der Waals surface area contributed by atoms with Crippen molar-refractivity contribution in [3.05, 3.63) is 43.0 Å². The Hall–Kier alpha value is -3.20. The van der Waals surface area contributed by atoms with E-state index in [1.165, 1.54) is 0 Å². The van der Waals surface area contributed by atoms with E-state index < -0.39 is 0 Å². The largest absolute Gasteiger partial charge is 0.492 e. The van der Waals surface area contributed by atoms with Crippen molar-refractivity contribution >= 4 is 32.5 Å². The molecule has 0 atom stereocenters. The SMILES string of the molecule is CCOc1cccc2sc(N3CCN(c4cncc(-c5cnn(C)c5)n4)CC3)nc12. The van der Waals surface area contributed by atoms with Crippen LogP contribution in [-0.2, 0) is 7.05 Å². The van der Waals surface area contributed by atoms with E-state index in [1.54, 1.807) is 22.2 Å². The Morgan fingerprint density at radius 2 is 1.87 bits per heavy atom. The van der Waals surface area contributed by atoms with Crippen molar-refractivity contribution < 1.29 is 4.74 Å². The van der Waals surface area contributed by atoms with E-state index in [0.29, 0.717) is 6.61 Å². The fourth-order valence-corrected chi connectivity index (χ4v) is 4.68. The number of nitrogens with zero attached hydrogens (tertiary/aromatic N) is 7. The highest BCUT2D eigenvalue weighted by molar-refractivity contribution is 7.22. The number of para-hydroxylation sites is 1. The fourth-order valence-electron chi connectivity index (χ4n) is 3.65. The van der Waals surface area contributed by atoms with Gasteiger partial charge in [-0.2, -0.15) is 5.10 Å². The molecular formula is C21H23N7OS. The molecule has 3 aromatic heterocycles. The molecule has 0 amide bonds. The summed E-state index contributed by atoms with van der Waals surface area (Å²) >= 11 is 1.72. The lowest BCUT2D eigenvalue weighted by Crippen LogP contribution is -2.46. The lowest BCUT2D eigenvalue weighted by molar-refractivity contribution is 0.344. The van der Waals surface area contributed by atoms with Crippen LogP contribution in [0.5, 0.6) is 5.75 Å². The normalized spacial score (nSPS) is 14.5. The Labute approximate surface area is 178 Å². The summed E-state index contributed by atoms with van der Waals surface area (Å²) in [5, 5.41) is 5.28. The second-order valence-corrected chi connectivity index (χ2v) is 8.18. The molecule has 9 heteroatoms. The molecule has 1 saturated heterocycles. The van der Waals surface area contributed by atoms with Crippen molar-refractivity contribution in [1.29, 1.82) is 0 Å². The Bertz CT molecular complexity index is 1160. The van der Waals surface area contributed by atoms with Crippen LogP contribution in [0.3, 0.4) is 0 Å². The van der Waals surface area contributed by atoms with Crippen LogP contribution < -0.4 is 14.5 Å². The van der Waals surface area contributed by atoms with Crippen LogP contribution in [0.1, 0.15) is 6.92 Å². The highest BCUT2D eigenvalue weighted by Crippen LogP contribution is 2.34. The molecule has 1 aliphatic rings. The maximum absolute atomic E-state index is 5.74. The first kappa shape index (κ1) is 18.8. The fraction of sp³-hybridized carbons (Fsp3) is 0.333. The number of hydrogen-bond donors (Lipinski definition) is 0. The average Bonchev–Trinajstić information content (AvgIpc) is 3.41. The Balaban J connectivity index is 1.31. The van der Waals surface area contributed by atoms with Crippen LogP contribution in [0.15, 0.2) is 43.0 Å². The zero-order chi connectivity index (χ0) is 20.5. The molecule has 0 spiro atoms. The van der Waals surface area contributed by atoms with Crippen LogP contribution in [0.25, 0.3) is 21.5 Å². The molecule has 1 aliphatic heterocycles. The topological polar surface area (TPSA) is 72.2 Å². The monoisotopic (exact) mass is 421 g/mol. The average molecular weight is 422 g/mol. The molecular weight excluding hydrogens is 398 g/mol. The van der Waals surface area contributed by atoms with Crippen LogP contribution in [-0.4, -0.2) is 57.5 Å². The second-order valence-electron chi connectivity index (χ2n) is 7.17. The third-order valence-corrected chi connectivity index (χ3v) is 6.25. The van der Waals surface area contributed by atoms with E-state index in [-0.39, 0.29) is 0 Å². The van der Waals surface area contributed by atoms with Crippen molar-refractivity contribution in [2.24, 2.45) is 7.05 Å². The summed E-state index contributed by atoms with van der Waals surface area (Å²) in [5.41, 5.74) is 2.78. The first-order valence-electron chi connectivity index (χ1n) is 10.0. The summed E-state index contributed by atoms with van der Waals surface area (Å²) in [7, 11) is 1.90. The molecule has 0 saturated carbocycles. The highest BCUT2D eigenvalue weighted by Gasteiger charge is 2.22. The molecule has 1 aromatic carbocycles. The van der Waals surface area contributed by atoms with E-state index in [1.807, 2.05) is 44.7 Å². The first-order chi connectivity index (χ1) is 14.7. The minimum absolute atomic E-state index is 0.643. The third kappa shape index (κ3) is 3.56. The van der Waals surface area contributed by atoms with E-state index in [0.717, 1.165) is 64.4 Å². The van der Waals surface area contributed by atoms with Gasteiger partial charge in [-0.3, -0.25) is 9.67 Å². The van der Waals surface area contributed by atoms with Gasteiger partial charge in [0.15, 0.2) is 5.13 Å². The minimum Gasteiger partial charge on any atom is -0.492 e. The molecule has 0 bridgehead atoms. The number of hydrogen-bond acceptors (Lipinski definition) is 8. The van der Waals surface area contributed by atoms with Gasteiger partial charge < -0.3 is 14.5 Å². The highest BCUT2D eigenvalue weighted by atomic mass is 32.1. The van der Waals surface area contributed by atoms with Gasteiger partial charge in [0.2, 0.25) is 0 Å². The molecule has 0 aliphatic carbocycles. The number of anilines is 2. The van der Waals surface area contributed by atoms with Crippen LogP contribution in [0.4, 0.5) is 10.9 Å². The second kappa shape index (κ2) is 7.91. The Morgan fingerprint density at radius 3 is 2.63 bits per heavy atom. The van der Waals surface area contributed by atoms with Crippen LogP contribution in [0, 0.1) is 0 Å². The molecule has 0 unspecified atom stereocenters. The number of thiazole rings is 1. The number of piperazine rings is 1. The lowest BCUT2D eigenvalue weighted by atomic mass is 10.2. The molecule has 154 valence electrons. The van der Waals surface area contributed by atoms with Gasteiger partial charge in [-0.1, -0.05) is 17.4 Å². The molecule has 4 aromatic rings. The molecule has 0 N–H and O–H groups in total. The zero-order valence-corrected chi connectivity index (χ0v) is 17.8. The van der Waals surface area contributed by atoms with Gasteiger partial charge in [0, 0.05) is 45.0 Å². The van der Waals surface area contributed by atoms with E-state index in [4.69, 9.17) is 14.7 Å². The maximum atomic E-state index is 5.74. The summed E-state index contributed by atoms with van der Waals surface area (Å²) in [6.07, 6.45) is 7.39. The summed E-state index contributed by atoms with van der Waals surface area (Å²) in [6, 6.07) is 6.12. The summed E-state index contributed by atoms with van der Waals surface area (Å²) in [6.45, 7) is 6.17. The maximum Gasteiger partial charge on any atom is 0.186 e. The molecule has 4 heterocycles. The van der Waals surface area contributed by atoms with E-state index in [2.05, 4.69) is 25.9 Å². The van der Waals surface area contributed by atoms with Gasteiger partial charge >= 0.3 is 0 Å². The molecule has 5 rings (SSSR count). The van der Waals surface area contributed by atoms with Gasteiger partial charge in [0.05, 0.1) is 35.6 Å². The Morgan fingerprint density at radius 1 is 1.03 bits per heavy atom. The van der Waals surface area contributed by atoms with Crippen LogP contribution in [0.2, 0.25) is 0 Å². The molecule has 8 nitrogen and oxygen atoms in total.